The molecule has 1 N–H and O–H groups in total. The summed E-state index contributed by atoms with van der Waals surface area (Å²) in [5, 5.41) is 0. The molecule has 0 saturated carbocycles. The molecule has 0 amide bonds. The van der Waals surface area contributed by atoms with Crippen molar-refractivity contribution in [3.05, 3.63) is 24.0 Å². The molecule has 5 nitrogen and oxygen atoms in total. The Bertz CT molecular complexity index is 560. The largest absolute Gasteiger partial charge is 0.364 e. The quantitative estimate of drug-likeness (QED) is 0.932. The van der Waals surface area contributed by atoms with Crippen LogP contribution >= 0.6 is 0 Å². The number of H-pyrrole nitrogens is 1. The SMILES string of the molecule is C[C@@H]1C[C@@H](C)CN(S(=O)(=O)N2CCC[C@H]2c2ccc[nH]2)C1. The van der Waals surface area contributed by atoms with Gasteiger partial charge in [0, 0.05) is 31.5 Å². The molecule has 0 aromatic carbocycles. The van der Waals surface area contributed by atoms with Crippen LogP contribution in [-0.4, -0.2) is 41.6 Å². The van der Waals surface area contributed by atoms with Crippen LogP contribution in [0.3, 0.4) is 0 Å². The second-order valence-corrected chi connectivity index (χ2v) is 8.55. The van der Waals surface area contributed by atoms with E-state index in [4.69, 9.17) is 0 Å². The lowest BCUT2D eigenvalue weighted by atomic mass is 9.94. The molecule has 2 fully saturated rings. The van der Waals surface area contributed by atoms with Gasteiger partial charge in [-0.25, -0.2) is 0 Å². The van der Waals surface area contributed by atoms with Gasteiger partial charge in [0.2, 0.25) is 0 Å². The van der Waals surface area contributed by atoms with Crippen LogP contribution in [0.2, 0.25) is 0 Å². The smallest absolute Gasteiger partial charge is 0.282 e. The van der Waals surface area contributed by atoms with Gasteiger partial charge in [-0.05, 0) is 43.2 Å². The highest BCUT2D eigenvalue weighted by atomic mass is 32.2. The first-order valence-electron chi connectivity index (χ1n) is 7.88. The molecule has 21 heavy (non-hydrogen) atoms. The average Bonchev–Trinajstić information content (AvgIpc) is 3.08. The normalized spacial score (nSPS) is 32.6. The van der Waals surface area contributed by atoms with E-state index < -0.39 is 10.2 Å². The van der Waals surface area contributed by atoms with Crippen molar-refractivity contribution in [2.75, 3.05) is 19.6 Å². The lowest BCUT2D eigenvalue weighted by molar-refractivity contribution is 0.206. The maximum Gasteiger partial charge on any atom is 0.282 e. The van der Waals surface area contributed by atoms with E-state index >= 15 is 0 Å². The number of piperidine rings is 1. The molecule has 118 valence electrons. The van der Waals surface area contributed by atoms with Gasteiger partial charge in [0.25, 0.3) is 10.2 Å². The highest BCUT2D eigenvalue weighted by Crippen LogP contribution is 2.36. The molecule has 0 aliphatic carbocycles. The Morgan fingerprint density at radius 3 is 2.57 bits per heavy atom. The van der Waals surface area contributed by atoms with Crippen LogP contribution in [0, 0.1) is 11.8 Å². The minimum Gasteiger partial charge on any atom is -0.364 e. The molecule has 0 radical (unpaired) electrons. The van der Waals surface area contributed by atoms with E-state index in [1.165, 1.54) is 0 Å². The molecular weight excluding hydrogens is 286 g/mol. The fraction of sp³-hybridized carbons (Fsp3) is 0.733. The molecule has 3 rings (SSSR count). The standard InChI is InChI=1S/C15H25N3O2S/c1-12-9-13(2)11-17(10-12)21(19,20)18-8-4-6-15(18)14-5-3-7-16-14/h3,5,7,12-13,15-16H,4,6,8-11H2,1-2H3/t12-,13-,15+/m1/s1. The van der Waals surface area contributed by atoms with Crippen molar-refractivity contribution in [2.45, 2.75) is 39.2 Å². The fourth-order valence-electron chi connectivity index (χ4n) is 3.82. The minimum atomic E-state index is -3.36. The Kier molecular flexibility index (Phi) is 4.12. The molecule has 0 unspecified atom stereocenters. The highest BCUT2D eigenvalue weighted by Gasteiger charge is 2.41. The Labute approximate surface area is 127 Å². The third-order valence-corrected chi connectivity index (χ3v) is 6.62. The lowest BCUT2D eigenvalue weighted by Crippen LogP contribution is -2.49. The van der Waals surface area contributed by atoms with Crippen LogP contribution < -0.4 is 0 Å². The van der Waals surface area contributed by atoms with Crippen LogP contribution in [0.1, 0.15) is 44.8 Å². The van der Waals surface area contributed by atoms with E-state index in [2.05, 4.69) is 18.8 Å². The molecule has 2 aliphatic heterocycles. The maximum absolute atomic E-state index is 13.0. The van der Waals surface area contributed by atoms with Gasteiger partial charge in [-0.1, -0.05) is 13.8 Å². The lowest BCUT2D eigenvalue weighted by Gasteiger charge is -2.37. The Balaban J connectivity index is 1.83. The fourth-order valence-corrected chi connectivity index (χ4v) is 5.90. The van der Waals surface area contributed by atoms with Crippen LogP contribution in [0.15, 0.2) is 18.3 Å². The Hall–Kier alpha value is -0.850. The summed E-state index contributed by atoms with van der Waals surface area (Å²) in [6, 6.07) is 3.89. The molecule has 3 atom stereocenters. The number of hydrogen-bond acceptors (Lipinski definition) is 2. The molecule has 1 aromatic rings. The predicted octanol–water partition coefficient (Wildman–Crippen LogP) is 2.37. The molecule has 3 heterocycles. The predicted molar refractivity (Wildman–Crippen MR) is 82.9 cm³/mol. The number of aromatic amines is 1. The van der Waals surface area contributed by atoms with Gasteiger partial charge in [-0.3, -0.25) is 0 Å². The van der Waals surface area contributed by atoms with Crippen LogP contribution in [0.4, 0.5) is 0 Å². The number of nitrogens with one attached hydrogen (secondary N) is 1. The number of nitrogens with zero attached hydrogens (tertiary/aromatic N) is 2. The van der Waals surface area contributed by atoms with E-state index in [1.807, 2.05) is 18.3 Å². The van der Waals surface area contributed by atoms with Crippen molar-refractivity contribution in [1.82, 2.24) is 13.6 Å². The van der Waals surface area contributed by atoms with Gasteiger partial charge in [0.1, 0.15) is 0 Å². The Morgan fingerprint density at radius 2 is 1.95 bits per heavy atom. The van der Waals surface area contributed by atoms with E-state index in [-0.39, 0.29) is 6.04 Å². The first-order valence-corrected chi connectivity index (χ1v) is 9.28. The van der Waals surface area contributed by atoms with Gasteiger partial charge < -0.3 is 4.98 Å². The zero-order valence-electron chi connectivity index (χ0n) is 12.8. The van der Waals surface area contributed by atoms with Gasteiger partial charge >= 0.3 is 0 Å². The van der Waals surface area contributed by atoms with E-state index in [0.717, 1.165) is 25.0 Å². The van der Waals surface area contributed by atoms with Crippen LogP contribution in [0.25, 0.3) is 0 Å². The summed E-state index contributed by atoms with van der Waals surface area (Å²) in [6.07, 6.45) is 4.82. The molecular formula is C15H25N3O2S. The van der Waals surface area contributed by atoms with Gasteiger partial charge in [0.05, 0.1) is 6.04 Å². The van der Waals surface area contributed by atoms with Crippen LogP contribution in [0.5, 0.6) is 0 Å². The van der Waals surface area contributed by atoms with E-state index in [9.17, 15) is 8.42 Å². The molecule has 6 heteroatoms. The maximum atomic E-state index is 13.0. The van der Waals surface area contributed by atoms with Crippen LogP contribution in [-0.2, 0) is 10.2 Å². The van der Waals surface area contributed by atoms with Crippen molar-refractivity contribution < 1.29 is 8.42 Å². The molecule has 2 aliphatic rings. The van der Waals surface area contributed by atoms with Gasteiger partial charge in [-0.15, -0.1) is 0 Å². The Morgan fingerprint density at radius 1 is 1.24 bits per heavy atom. The molecule has 2 saturated heterocycles. The zero-order chi connectivity index (χ0) is 15.0. The summed E-state index contributed by atoms with van der Waals surface area (Å²) in [5.41, 5.74) is 1.01. The second kappa shape index (κ2) is 5.74. The summed E-state index contributed by atoms with van der Waals surface area (Å²) in [5.74, 6) is 0.880. The monoisotopic (exact) mass is 311 g/mol. The highest BCUT2D eigenvalue weighted by molar-refractivity contribution is 7.86. The number of hydrogen-bond donors (Lipinski definition) is 1. The minimum absolute atomic E-state index is 0.0301. The third-order valence-electron chi connectivity index (χ3n) is 4.64. The summed E-state index contributed by atoms with van der Waals surface area (Å²) in [6.45, 7) is 6.22. The van der Waals surface area contributed by atoms with Crippen molar-refractivity contribution in [3.8, 4) is 0 Å². The van der Waals surface area contributed by atoms with Crippen molar-refractivity contribution in [3.63, 3.8) is 0 Å². The van der Waals surface area contributed by atoms with E-state index in [1.54, 1.807) is 8.61 Å². The second-order valence-electron chi connectivity index (χ2n) is 6.67. The average molecular weight is 311 g/mol. The zero-order valence-corrected chi connectivity index (χ0v) is 13.6. The van der Waals surface area contributed by atoms with Crippen molar-refractivity contribution in [1.29, 1.82) is 0 Å². The van der Waals surface area contributed by atoms with Gasteiger partial charge in [0.15, 0.2) is 0 Å². The summed E-state index contributed by atoms with van der Waals surface area (Å²) < 4.78 is 29.4. The summed E-state index contributed by atoms with van der Waals surface area (Å²) in [7, 11) is -3.36. The third kappa shape index (κ3) is 2.89. The van der Waals surface area contributed by atoms with Crippen molar-refractivity contribution >= 4 is 10.2 Å². The molecule has 1 aromatic heterocycles. The first-order chi connectivity index (χ1) is 9.98. The molecule has 0 spiro atoms. The number of rotatable bonds is 3. The number of aromatic nitrogens is 1. The summed E-state index contributed by atoms with van der Waals surface area (Å²) >= 11 is 0. The first kappa shape index (κ1) is 15.1. The van der Waals surface area contributed by atoms with Crippen molar-refractivity contribution in [2.24, 2.45) is 11.8 Å². The molecule has 0 bridgehead atoms. The summed E-state index contributed by atoms with van der Waals surface area (Å²) in [4.78, 5) is 3.18. The van der Waals surface area contributed by atoms with Gasteiger partial charge in [-0.2, -0.15) is 17.0 Å². The van der Waals surface area contributed by atoms with E-state index in [0.29, 0.717) is 31.5 Å². The topological polar surface area (TPSA) is 56.4 Å².